The number of fused-ring (bicyclic) bond motifs is 1. The molecule has 0 saturated heterocycles. The van der Waals surface area contributed by atoms with Crippen molar-refractivity contribution in [2.24, 2.45) is 5.73 Å². The van der Waals surface area contributed by atoms with Gasteiger partial charge in [-0.1, -0.05) is 24.3 Å². The Labute approximate surface area is 103 Å². The maximum atomic E-state index is 6.04. The van der Waals surface area contributed by atoms with Crippen molar-refractivity contribution in [3.05, 3.63) is 35.4 Å². The van der Waals surface area contributed by atoms with Crippen molar-refractivity contribution in [3.63, 3.8) is 0 Å². The maximum Gasteiger partial charge on any atom is 0.0576 e. The van der Waals surface area contributed by atoms with E-state index in [0.717, 1.165) is 32.3 Å². The molecular weight excluding hydrogens is 210 g/mol. The van der Waals surface area contributed by atoms with Crippen LogP contribution in [0, 0.1) is 0 Å². The van der Waals surface area contributed by atoms with Gasteiger partial charge in [0.1, 0.15) is 0 Å². The third-order valence-corrected chi connectivity index (χ3v) is 4.21. The van der Waals surface area contributed by atoms with E-state index in [2.05, 4.69) is 24.3 Å². The Morgan fingerprint density at radius 1 is 1.12 bits per heavy atom. The van der Waals surface area contributed by atoms with Gasteiger partial charge in [0.05, 0.1) is 12.7 Å². The van der Waals surface area contributed by atoms with Crippen LogP contribution in [0.5, 0.6) is 0 Å². The van der Waals surface area contributed by atoms with Crippen molar-refractivity contribution in [1.82, 2.24) is 0 Å². The molecule has 0 radical (unpaired) electrons. The molecule has 92 valence electrons. The summed E-state index contributed by atoms with van der Waals surface area (Å²) in [5.74, 6) is 0.641. The molecule has 3 rings (SSSR count). The first kappa shape index (κ1) is 11.2. The fraction of sp³-hybridized carbons (Fsp3) is 0.600. The van der Waals surface area contributed by atoms with Gasteiger partial charge in [-0.25, -0.2) is 0 Å². The standard InChI is InChI=1S/C15H21NO/c16-13-5-7-14(8-6-13)17-10-12-9-11-3-1-2-4-15(11)12/h1-4,12-14H,5-10,16H2. The number of nitrogens with two attached hydrogens (primary N) is 1. The Bertz CT molecular complexity index is 382. The lowest BCUT2D eigenvalue weighted by molar-refractivity contribution is 0.0142. The van der Waals surface area contributed by atoms with Crippen molar-refractivity contribution in [3.8, 4) is 0 Å². The summed E-state index contributed by atoms with van der Waals surface area (Å²) < 4.78 is 6.04. The highest BCUT2D eigenvalue weighted by molar-refractivity contribution is 5.39. The summed E-state index contributed by atoms with van der Waals surface area (Å²) in [5.41, 5.74) is 8.90. The molecule has 0 bridgehead atoms. The summed E-state index contributed by atoms with van der Waals surface area (Å²) in [6, 6.07) is 9.14. The van der Waals surface area contributed by atoms with E-state index in [1.165, 1.54) is 17.5 Å². The van der Waals surface area contributed by atoms with Crippen LogP contribution < -0.4 is 5.73 Å². The molecule has 0 amide bonds. The highest BCUT2D eigenvalue weighted by Crippen LogP contribution is 2.35. The topological polar surface area (TPSA) is 35.2 Å². The van der Waals surface area contributed by atoms with Gasteiger partial charge in [-0.15, -0.1) is 0 Å². The second-order valence-corrected chi connectivity index (χ2v) is 5.47. The summed E-state index contributed by atoms with van der Waals surface area (Å²) >= 11 is 0. The monoisotopic (exact) mass is 231 g/mol. The molecule has 1 unspecified atom stereocenters. The van der Waals surface area contributed by atoms with E-state index in [1.54, 1.807) is 0 Å². The van der Waals surface area contributed by atoms with Crippen LogP contribution in [0.2, 0.25) is 0 Å². The van der Waals surface area contributed by atoms with Crippen molar-refractivity contribution in [1.29, 1.82) is 0 Å². The lowest BCUT2D eigenvalue weighted by Crippen LogP contribution is -2.32. The molecule has 1 aromatic rings. The Morgan fingerprint density at radius 2 is 1.88 bits per heavy atom. The molecule has 1 atom stereocenters. The summed E-state index contributed by atoms with van der Waals surface area (Å²) in [6.07, 6.45) is 6.22. The normalized spacial score (nSPS) is 31.7. The molecule has 0 heterocycles. The summed E-state index contributed by atoms with van der Waals surface area (Å²) in [7, 11) is 0. The zero-order valence-electron chi connectivity index (χ0n) is 10.3. The number of hydrogen-bond donors (Lipinski definition) is 1. The molecular formula is C15H21NO. The maximum absolute atomic E-state index is 6.04. The summed E-state index contributed by atoms with van der Waals surface area (Å²) in [6.45, 7) is 0.900. The molecule has 2 nitrogen and oxygen atoms in total. The van der Waals surface area contributed by atoms with Gasteiger partial charge in [0.2, 0.25) is 0 Å². The van der Waals surface area contributed by atoms with E-state index < -0.39 is 0 Å². The largest absolute Gasteiger partial charge is 0.378 e. The van der Waals surface area contributed by atoms with E-state index in [1.807, 2.05) is 0 Å². The molecule has 1 fully saturated rings. The second-order valence-electron chi connectivity index (χ2n) is 5.47. The third-order valence-electron chi connectivity index (χ3n) is 4.21. The predicted octanol–water partition coefficient (Wildman–Crippen LogP) is 2.61. The smallest absolute Gasteiger partial charge is 0.0576 e. The van der Waals surface area contributed by atoms with Gasteiger partial charge in [0.25, 0.3) is 0 Å². The average molecular weight is 231 g/mol. The number of hydrogen-bond acceptors (Lipinski definition) is 2. The first-order chi connectivity index (χ1) is 8.33. The molecule has 1 saturated carbocycles. The molecule has 0 spiro atoms. The van der Waals surface area contributed by atoms with E-state index >= 15 is 0 Å². The van der Waals surface area contributed by atoms with Gasteiger partial charge in [-0.3, -0.25) is 0 Å². The van der Waals surface area contributed by atoms with E-state index in [9.17, 15) is 0 Å². The first-order valence-electron chi connectivity index (χ1n) is 6.78. The lowest BCUT2D eigenvalue weighted by atomic mass is 9.78. The molecule has 2 aliphatic carbocycles. The highest BCUT2D eigenvalue weighted by Gasteiger charge is 2.27. The van der Waals surface area contributed by atoms with Gasteiger partial charge >= 0.3 is 0 Å². The highest BCUT2D eigenvalue weighted by atomic mass is 16.5. The van der Waals surface area contributed by atoms with E-state index in [-0.39, 0.29) is 0 Å². The zero-order chi connectivity index (χ0) is 11.7. The minimum atomic E-state index is 0.416. The van der Waals surface area contributed by atoms with Crippen molar-refractivity contribution in [2.75, 3.05) is 6.61 Å². The minimum Gasteiger partial charge on any atom is -0.378 e. The molecule has 2 heteroatoms. The van der Waals surface area contributed by atoms with Crippen molar-refractivity contribution in [2.45, 2.75) is 50.2 Å². The number of benzene rings is 1. The van der Waals surface area contributed by atoms with Gasteiger partial charge in [-0.2, -0.15) is 0 Å². The summed E-state index contributed by atoms with van der Waals surface area (Å²) in [4.78, 5) is 0. The zero-order valence-corrected chi connectivity index (χ0v) is 10.3. The van der Waals surface area contributed by atoms with Gasteiger partial charge in [0, 0.05) is 12.0 Å². The van der Waals surface area contributed by atoms with Crippen LogP contribution >= 0.6 is 0 Å². The Hall–Kier alpha value is -0.860. The van der Waals surface area contributed by atoms with Crippen LogP contribution in [0.3, 0.4) is 0 Å². The quantitative estimate of drug-likeness (QED) is 0.868. The SMILES string of the molecule is NC1CCC(OCC2Cc3ccccc32)CC1. The van der Waals surface area contributed by atoms with Crippen LogP contribution in [0.25, 0.3) is 0 Å². The van der Waals surface area contributed by atoms with Crippen LogP contribution in [-0.4, -0.2) is 18.8 Å². The number of rotatable bonds is 3. The fourth-order valence-electron chi connectivity index (χ4n) is 3.02. The van der Waals surface area contributed by atoms with Crippen LogP contribution in [0.4, 0.5) is 0 Å². The van der Waals surface area contributed by atoms with Crippen molar-refractivity contribution < 1.29 is 4.74 Å². The molecule has 17 heavy (non-hydrogen) atoms. The molecule has 1 aromatic carbocycles. The summed E-state index contributed by atoms with van der Waals surface area (Å²) in [5, 5.41) is 0. The van der Waals surface area contributed by atoms with Crippen LogP contribution in [0.1, 0.15) is 42.7 Å². The Kier molecular flexibility index (Phi) is 3.17. The average Bonchev–Trinajstić information content (AvgIpc) is 2.33. The Morgan fingerprint density at radius 3 is 2.65 bits per heavy atom. The third kappa shape index (κ3) is 2.38. The number of ether oxygens (including phenoxy) is 1. The van der Waals surface area contributed by atoms with E-state index in [4.69, 9.17) is 10.5 Å². The molecule has 2 aliphatic rings. The van der Waals surface area contributed by atoms with Gasteiger partial charge in [-0.05, 0) is 43.2 Å². The van der Waals surface area contributed by atoms with Gasteiger partial charge in [0.15, 0.2) is 0 Å². The van der Waals surface area contributed by atoms with Gasteiger partial charge < -0.3 is 10.5 Å². The van der Waals surface area contributed by atoms with Crippen LogP contribution in [-0.2, 0) is 11.2 Å². The fourth-order valence-corrected chi connectivity index (χ4v) is 3.02. The molecule has 0 aromatic heterocycles. The second kappa shape index (κ2) is 4.79. The van der Waals surface area contributed by atoms with Crippen molar-refractivity contribution >= 4 is 0 Å². The Balaban J connectivity index is 1.47. The van der Waals surface area contributed by atoms with Crippen LogP contribution in [0.15, 0.2) is 24.3 Å². The predicted molar refractivity (Wildman–Crippen MR) is 69.1 cm³/mol. The molecule has 2 N–H and O–H groups in total. The first-order valence-corrected chi connectivity index (χ1v) is 6.78. The minimum absolute atomic E-state index is 0.416. The lowest BCUT2D eigenvalue weighted by Gasteiger charge is -2.33. The van der Waals surface area contributed by atoms with E-state index in [0.29, 0.717) is 18.1 Å². The molecule has 0 aliphatic heterocycles.